The van der Waals surface area contributed by atoms with Gasteiger partial charge in [0, 0.05) is 16.5 Å². The zero-order valence-electron chi connectivity index (χ0n) is 9.39. The summed E-state index contributed by atoms with van der Waals surface area (Å²) in [5.41, 5.74) is 0.871. The van der Waals surface area contributed by atoms with E-state index in [1.165, 1.54) is 11.3 Å². The van der Waals surface area contributed by atoms with Crippen LogP contribution in [0.25, 0.3) is 10.4 Å². The number of halogens is 1. The second-order valence-electron chi connectivity index (χ2n) is 4.29. The molecular formula is C13H10ClNO2S. The number of carboxylic acids is 1. The topological polar surface area (TPSA) is 50.2 Å². The molecule has 18 heavy (non-hydrogen) atoms. The number of benzene rings is 1. The maximum absolute atomic E-state index is 11.3. The molecule has 0 unspecified atom stereocenters. The summed E-state index contributed by atoms with van der Waals surface area (Å²) in [6.07, 6.45) is 2.21. The SMILES string of the molecule is O=C(O)c1nc(C2CC2)sc1-c1ccccc1Cl. The van der Waals surface area contributed by atoms with Crippen LogP contribution in [0.1, 0.15) is 34.3 Å². The predicted octanol–water partition coefficient (Wildman–Crippen LogP) is 4.04. The van der Waals surface area contributed by atoms with Crippen molar-refractivity contribution < 1.29 is 9.90 Å². The minimum Gasteiger partial charge on any atom is -0.476 e. The summed E-state index contributed by atoms with van der Waals surface area (Å²) in [5.74, 6) is -0.544. The van der Waals surface area contributed by atoms with E-state index in [9.17, 15) is 9.90 Å². The molecule has 0 spiro atoms. The fraction of sp³-hybridized carbons (Fsp3) is 0.231. The quantitative estimate of drug-likeness (QED) is 0.922. The maximum Gasteiger partial charge on any atom is 0.356 e. The largest absolute Gasteiger partial charge is 0.476 e. The van der Waals surface area contributed by atoms with Crippen LogP contribution < -0.4 is 0 Å². The highest BCUT2D eigenvalue weighted by Gasteiger charge is 2.30. The summed E-state index contributed by atoms with van der Waals surface area (Å²) in [6.45, 7) is 0. The molecule has 1 heterocycles. The fourth-order valence-corrected chi connectivity index (χ4v) is 3.37. The summed E-state index contributed by atoms with van der Waals surface area (Å²) < 4.78 is 0. The van der Waals surface area contributed by atoms with Gasteiger partial charge in [-0.3, -0.25) is 0 Å². The highest BCUT2D eigenvalue weighted by atomic mass is 35.5. The van der Waals surface area contributed by atoms with Gasteiger partial charge in [-0.1, -0.05) is 29.8 Å². The molecule has 1 fully saturated rings. The molecule has 1 saturated carbocycles. The molecule has 0 atom stereocenters. The van der Waals surface area contributed by atoms with Crippen molar-refractivity contribution in [2.75, 3.05) is 0 Å². The van der Waals surface area contributed by atoms with Gasteiger partial charge in [0.05, 0.1) is 9.88 Å². The van der Waals surface area contributed by atoms with E-state index >= 15 is 0 Å². The molecule has 1 aromatic heterocycles. The van der Waals surface area contributed by atoms with Crippen molar-refractivity contribution >= 4 is 28.9 Å². The Balaban J connectivity index is 2.15. The van der Waals surface area contributed by atoms with Gasteiger partial charge in [-0.05, 0) is 18.9 Å². The van der Waals surface area contributed by atoms with Gasteiger partial charge >= 0.3 is 5.97 Å². The first kappa shape index (κ1) is 11.7. The molecule has 92 valence electrons. The van der Waals surface area contributed by atoms with Crippen LogP contribution in [0.2, 0.25) is 5.02 Å². The standard InChI is InChI=1S/C13H10ClNO2S/c14-9-4-2-1-3-8(9)11-10(13(16)17)15-12(18-11)7-5-6-7/h1-4,7H,5-6H2,(H,16,17). The smallest absolute Gasteiger partial charge is 0.356 e. The monoisotopic (exact) mass is 279 g/mol. The molecule has 5 heteroatoms. The summed E-state index contributed by atoms with van der Waals surface area (Å²) in [7, 11) is 0. The van der Waals surface area contributed by atoms with E-state index in [4.69, 9.17) is 11.6 Å². The van der Waals surface area contributed by atoms with Crippen molar-refractivity contribution in [3.05, 3.63) is 40.0 Å². The van der Waals surface area contributed by atoms with Crippen molar-refractivity contribution in [1.29, 1.82) is 0 Å². The summed E-state index contributed by atoms with van der Waals surface area (Å²) in [5, 5.41) is 10.7. The number of hydrogen-bond acceptors (Lipinski definition) is 3. The van der Waals surface area contributed by atoms with Crippen LogP contribution in [0.3, 0.4) is 0 Å². The lowest BCUT2D eigenvalue weighted by Gasteiger charge is -2.01. The van der Waals surface area contributed by atoms with E-state index in [2.05, 4.69) is 4.98 Å². The number of carboxylic acid groups (broad SMARTS) is 1. The number of aromatic carboxylic acids is 1. The van der Waals surface area contributed by atoms with Crippen LogP contribution in [-0.2, 0) is 0 Å². The van der Waals surface area contributed by atoms with Gasteiger partial charge in [-0.15, -0.1) is 11.3 Å². The van der Waals surface area contributed by atoms with Gasteiger partial charge in [0.1, 0.15) is 0 Å². The average Bonchev–Trinajstić information content (AvgIpc) is 3.09. The number of rotatable bonds is 3. The summed E-state index contributed by atoms with van der Waals surface area (Å²) >= 11 is 7.58. The lowest BCUT2D eigenvalue weighted by molar-refractivity contribution is 0.0692. The van der Waals surface area contributed by atoms with E-state index in [0.29, 0.717) is 15.8 Å². The normalized spacial score (nSPS) is 14.7. The predicted molar refractivity (Wildman–Crippen MR) is 71.5 cm³/mol. The first-order valence-electron chi connectivity index (χ1n) is 5.65. The Morgan fingerprint density at radius 1 is 1.39 bits per heavy atom. The highest BCUT2D eigenvalue weighted by Crippen LogP contribution is 2.45. The third-order valence-electron chi connectivity index (χ3n) is 2.89. The minimum atomic E-state index is -0.993. The number of nitrogens with zero attached hydrogens (tertiary/aromatic N) is 1. The van der Waals surface area contributed by atoms with Crippen molar-refractivity contribution in [2.45, 2.75) is 18.8 Å². The second kappa shape index (κ2) is 4.37. The first-order chi connectivity index (χ1) is 8.66. The van der Waals surface area contributed by atoms with Crippen LogP contribution in [0.4, 0.5) is 0 Å². The Labute approximate surface area is 113 Å². The van der Waals surface area contributed by atoms with Crippen LogP contribution in [-0.4, -0.2) is 16.1 Å². The van der Waals surface area contributed by atoms with E-state index in [1.807, 2.05) is 18.2 Å². The Morgan fingerprint density at radius 2 is 2.11 bits per heavy atom. The maximum atomic E-state index is 11.3. The zero-order chi connectivity index (χ0) is 12.7. The molecule has 3 nitrogen and oxygen atoms in total. The molecule has 0 amide bonds. The van der Waals surface area contributed by atoms with Crippen molar-refractivity contribution in [2.24, 2.45) is 0 Å². The molecular weight excluding hydrogens is 270 g/mol. The Bertz CT molecular complexity index is 619. The molecule has 3 rings (SSSR count). The van der Waals surface area contributed by atoms with Gasteiger partial charge in [0.15, 0.2) is 5.69 Å². The van der Waals surface area contributed by atoms with Gasteiger partial charge in [-0.2, -0.15) is 0 Å². The average molecular weight is 280 g/mol. The molecule has 1 aliphatic rings. The Morgan fingerprint density at radius 3 is 2.72 bits per heavy atom. The van der Waals surface area contributed by atoms with Crippen LogP contribution in [0.15, 0.2) is 24.3 Å². The lowest BCUT2D eigenvalue weighted by Crippen LogP contribution is -1.99. The number of hydrogen-bond donors (Lipinski definition) is 1. The molecule has 0 radical (unpaired) electrons. The van der Waals surface area contributed by atoms with E-state index in [0.717, 1.165) is 23.4 Å². The third kappa shape index (κ3) is 2.02. The third-order valence-corrected chi connectivity index (χ3v) is 4.47. The van der Waals surface area contributed by atoms with E-state index in [1.54, 1.807) is 6.07 Å². The lowest BCUT2D eigenvalue weighted by atomic mass is 10.1. The van der Waals surface area contributed by atoms with Crippen LogP contribution in [0, 0.1) is 0 Å². The number of thiazole rings is 1. The highest BCUT2D eigenvalue weighted by molar-refractivity contribution is 7.15. The minimum absolute atomic E-state index is 0.120. The number of carbonyl (C=O) groups is 1. The van der Waals surface area contributed by atoms with Crippen molar-refractivity contribution in [3.8, 4) is 10.4 Å². The van der Waals surface area contributed by atoms with E-state index < -0.39 is 5.97 Å². The van der Waals surface area contributed by atoms with Gasteiger partial charge in [0.25, 0.3) is 0 Å². The fourth-order valence-electron chi connectivity index (χ4n) is 1.81. The van der Waals surface area contributed by atoms with Gasteiger partial charge in [-0.25, -0.2) is 9.78 Å². The Kier molecular flexibility index (Phi) is 2.84. The van der Waals surface area contributed by atoms with E-state index in [-0.39, 0.29) is 5.69 Å². The molecule has 0 saturated heterocycles. The van der Waals surface area contributed by atoms with Gasteiger partial charge in [0.2, 0.25) is 0 Å². The van der Waals surface area contributed by atoms with Crippen molar-refractivity contribution in [3.63, 3.8) is 0 Å². The summed E-state index contributed by atoms with van der Waals surface area (Å²) in [4.78, 5) is 16.2. The molecule has 1 aromatic carbocycles. The molecule has 0 aliphatic heterocycles. The van der Waals surface area contributed by atoms with Crippen molar-refractivity contribution in [1.82, 2.24) is 4.98 Å². The first-order valence-corrected chi connectivity index (χ1v) is 6.85. The molecule has 2 aromatic rings. The second-order valence-corrected chi connectivity index (χ2v) is 5.73. The summed E-state index contributed by atoms with van der Waals surface area (Å²) in [6, 6.07) is 7.27. The molecule has 1 N–H and O–H groups in total. The zero-order valence-corrected chi connectivity index (χ0v) is 11.0. The number of aromatic nitrogens is 1. The van der Waals surface area contributed by atoms with Gasteiger partial charge < -0.3 is 5.11 Å². The Hall–Kier alpha value is -1.39. The van der Waals surface area contributed by atoms with Crippen LogP contribution >= 0.6 is 22.9 Å². The van der Waals surface area contributed by atoms with Crippen LogP contribution in [0.5, 0.6) is 0 Å². The molecule has 1 aliphatic carbocycles. The molecule has 0 bridgehead atoms.